The van der Waals surface area contributed by atoms with Gasteiger partial charge in [-0.05, 0) is 49.7 Å². The highest BCUT2D eigenvalue weighted by Crippen LogP contribution is 2.15. The summed E-state index contributed by atoms with van der Waals surface area (Å²) in [6.07, 6.45) is 4.74. The molecule has 0 aromatic heterocycles. The number of carbonyl (C=O) groups is 1. The first-order valence-corrected chi connectivity index (χ1v) is 6.69. The lowest BCUT2D eigenvalue weighted by atomic mass is 10.2. The van der Waals surface area contributed by atoms with E-state index in [1.807, 2.05) is 37.3 Å². The van der Waals surface area contributed by atoms with Crippen LogP contribution in [0, 0.1) is 19.3 Å². The van der Waals surface area contributed by atoms with Gasteiger partial charge in [0.2, 0.25) is 0 Å². The Morgan fingerprint density at radius 1 is 1.24 bits per heavy atom. The fourth-order valence-corrected chi connectivity index (χ4v) is 1.88. The van der Waals surface area contributed by atoms with Crippen LogP contribution >= 0.6 is 0 Å². The van der Waals surface area contributed by atoms with Gasteiger partial charge in [-0.1, -0.05) is 24.1 Å². The fourth-order valence-electron chi connectivity index (χ4n) is 1.88. The molecular weight excluding hydrogens is 262 g/mol. The number of carbonyl (C=O) groups excluding carboxylic acids is 1. The molecular formula is C18H17NO2. The van der Waals surface area contributed by atoms with Gasteiger partial charge in [0, 0.05) is 11.3 Å². The van der Waals surface area contributed by atoms with Crippen molar-refractivity contribution < 1.29 is 9.53 Å². The summed E-state index contributed by atoms with van der Waals surface area (Å²) in [5, 5.41) is 2.79. The molecule has 0 aliphatic heterocycles. The molecule has 1 amide bonds. The Morgan fingerprint density at radius 3 is 2.71 bits per heavy atom. The standard InChI is InChI=1S/C18H17NO2/c1-4-15-8-6-9-16(12-15)19-18(20)14(3)21-17-10-5-7-13(2)11-17/h1,5-12,14H,2-3H3,(H,19,20). The monoisotopic (exact) mass is 279 g/mol. The number of aryl methyl sites for hydroxylation is 1. The van der Waals surface area contributed by atoms with Gasteiger partial charge in [0.1, 0.15) is 5.75 Å². The number of amides is 1. The maximum Gasteiger partial charge on any atom is 0.265 e. The van der Waals surface area contributed by atoms with Crippen LogP contribution in [0.15, 0.2) is 48.5 Å². The Morgan fingerprint density at radius 2 is 2.00 bits per heavy atom. The molecule has 0 heterocycles. The van der Waals surface area contributed by atoms with Crippen LogP contribution in [0.2, 0.25) is 0 Å². The Balaban J connectivity index is 2.01. The quantitative estimate of drug-likeness (QED) is 0.871. The molecule has 0 bridgehead atoms. The summed E-state index contributed by atoms with van der Waals surface area (Å²) in [5.41, 5.74) is 2.47. The van der Waals surface area contributed by atoms with E-state index in [0.29, 0.717) is 11.4 Å². The van der Waals surface area contributed by atoms with Crippen molar-refractivity contribution in [3.63, 3.8) is 0 Å². The molecule has 0 saturated heterocycles. The predicted molar refractivity (Wildman–Crippen MR) is 84.3 cm³/mol. The zero-order valence-corrected chi connectivity index (χ0v) is 12.1. The minimum atomic E-state index is -0.596. The SMILES string of the molecule is C#Cc1cccc(NC(=O)C(C)Oc2cccc(C)c2)c1. The smallest absolute Gasteiger partial charge is 0.265 e. The number of ether oxygens (including phenoxy) is 1. The maximum atomic E-state index is 12.1. The van der Waals surface area contributed by atoms with E-state index in [1.165, 1.54) is 0 Å². The molecule has 1 N–H and O–H groups in total. The molecule has 0 aliphatic rings. The van der Waals surface area contributed by atoms with Crippen LogP contribution in [0.1, 0.15) is 18.1 Å². The van der Waals surface area contributed by atoms with Crippen LogP contribution in [0.5, 0.6) is 5.75 Å². The number of benzene rings is 2. The van der Waals surface area contributed by atoms with Crippen molar-refractivity contribution in [2.45, 2.75) is 20.0 Å². The van der Waals surface area contributed by atoms with Crippen LogP contribution < -0.4 is 10.1 Å². The fraction of sp³-hybridized carbons (Fsp3) is 0.167. The first-order chi connectivity index (χ1) is 10.1. The molecule has 0 spiro atoms. The van der Waals surface area contributed by atoms with Gasteiger partial charge < -0.3 is 10.1 Å². The van der Waals surface area contributed by atoms with E-state index >= 15 is 0 Å². The summed E-state index contributed by atoms with van der Waals surface area (Å²) in [6.45, 7) is 3.69. The topological polar surface area (TPSA) is 38.3 Å². The van der Waals surface area contributed by atoms with Crippen LogP contribution in [0.3, 0.4) is 0 Å². The molecule has 2 aromatic rings. The molecule has 21 heavy (non-hydrogen) atoms. The van der Waals surface area contributed by atoms with Gasteiger partial charge >= 0.3 is 0 Å². The number of terminal acetylenes is 1. The molecule has 2 aromatic carbocycles. The van der Waals surface area contributed by atoms with Crippen molar-refractivity contribution in [2.24, 2.45) is 0 Å². The third-order valence-corrected chi connectivity index (χ3v) is 2.97. The molecule has 0 aliphatic carbocycles. The first-order valence-electron chi connectivity index (χ1n) is 6.69. The third-order valence-electron chi connectivity index (χ3n) is 2.97. The lowest BCUT2D eigenvalue weighted by Crippen LogP contribution is -2.30. The van der Waals surface area contributed by atoms with Gasteiger partial charge in [0.15, 0.2) is 6.10 Å². The molecule has 1 unspecified atom stereocenters. The Bertz CT molecular complexity index is 686. The lowest BCUT2D eigenvalue weighted by molar-refractivity contribution is -0.122. The second-order valence-electron chi connectivity index (χ2n) is 4.79. The number of rotatable bonds is 4. The van der Waals surface area contributed by atoms with Crippen LogP contribution in [-0.4, -0.2) is 12.0 Å². The molecule has 106 valence electrons. The van der Waals surface area contributed by atoms with E-state index < -0.39 is 6.10 Å². The molecule has 3 heteroatoms. The maximum absolute atomic E-state index is 12.1. The van der Waals surface area contributed by atoms with Gasteiger partial charge in [-0.3, -0.25) is 4.79 Å². The lowest BCUT2D eigenvalue weighted by Gasteiger charge is -2.15. The minimum absolute atomic E-state index is 0.217. The van der Waals surface area contributed by atoms with E-state index in [2.05, 4.69) is 11.2 Å². The highest BCUT2D eigenvalue weighted by Gasteiger charge is 2.14. The number of hydrogen-bond acceptors (Lipinski definition) is 2. The average Bonchev–Trinajstić information content (AvgIpc) is 2.47. The second kappa shape index (κ2) is 6.62. The van der Waals surface area contributed by atoms with Gasteiger partial charge in [-0.2, -0.15) is 0 Å². The summed E-state index contributed by atoms with van der Waals surface area (Å²) >= 11 is 0. The number of hydrogen-bond donors (Lipinski definition) is 1. The summed E-state index contributed by atoms with van der Waals surface area (Å²) in [6, 6.07) is 14.7. The van der Waals surface area contributed by atoms with E-state index in [0.717, 1.165) is 11.1 Å². The third kappa shape index (κ3) is 4.12. The van der Waals surface area contributed by atoms with Crippen molar-refractivity contribution in [3.8, 4) is 18.1 Å². The normalized spacial score (nSPS) is 11.3. The molecule has 1 atom stereocenters. The highest BCUT2D eigenvalue weighted by molar-refractivity contribution is 5.94. The second-order valence-corrected chi connectivity index (χ2v) is 4.79. The summed E-state index contributed by atoms with van der Waals surface area (Å²) < 4.78 is 5.63. The zero-order chi connectivity index (χ0) is 15.2. The Hall–Kier alpha value is -2.73. The number of anilines is 1. The average molecular weight is 279 g/mol. The van der Waals surface area contributed by atoms with E-state index in [4.69, 9.17) is 11.2 Å². The summed E-state index contributed by atoms with van der Waals surface area (Å²) in [7, 11) is 0. The van der Waals surface area contributed by atoms with Crippen LogP contribution in [0.4, 0.5) is 5.69 Å². The van der Waals surface area contributed by atoms with Crippen LogP contribution in [0.25, 0.3) is 0 Å². The number of nitrogens with one attached hydrogen (secondary N) is 1. The minimum Gasteiger partial charge on any atom is -0.481 e. The highest BCUT2D eigenvalue weighted by atomic mass is 16.5. The molecule has 3 nitrogen and oxygen atoms in total. The van der Waals surface area contributed by atoms with Gasteiger partial charge in [0.05, 0.1) is 0 Å². The summed E-state index contributed by atoms with van der Waals surface area (Å²) in [5.74, 6) is 2.99. The van der Waals surface area contributed by atoms with Gasteiger partial charge in [-0.25, -0.2) is 0 Å². The van der Waals surface area contributed by atoms with Crippen LogP contribution in [-0.2, 0) is 4.79 Å². The largest absolute Gasteiger partial charge is 0.481 e. The van der Waals surface area contributed by atoms with E-state index in [-0.39, 0.29) is 5.91 Å². The first kappa shape index (κ1) is 14.7. The summed E-state index contributed by atoms with van der Waals surface area (Å²) in [4.78, 5) is 12.1. The molecule has 0 saturated carbocycles. The van der Waals surface area contributed by atoms with Crippen molar-refractivity contribution in [1.29, 1.82) is 0 Å². The Labute approximate surface area is 125 Å². The van der Waals surface area contributed by atoms with Crippen molar-refractivity contribution in [1.82, 2.24) is 0 Å². The van der Waals surface area contributed by atoms with Gasteiger partial charge in [-0.15, -0.1) is 6.42 Å². The van der Waals surface area contributed by atoms with Gasteiger partial charge in [0.25, 0.3) is 5.91 Å². The van der Waals surface area contributed by atoms with Crippen molar-refractivity contribution in [2.75, 3.05) is 5.32 Å². The Kier molecular flexibility index (Phi) is 4.63. The molecule has 0 radical (unpaired) electrons. The van der Waals surface area contributed by atoms with E-state index in [1.54, 1.807) is 25.1 Å². The molecule has 2 rings (SSSR count). The van der Waals surface area contributed by atoms with Crippen molar-refractivity contribution >= 4 is 11.6 Å². The zero-order valence-electron chi connectivity index (χ0n) is 12.1. The predicted octanol–water partition coefficient (Wildman–Crippen LogP) is 3.38. The van der Waals surface area contributed by atoms with Crippen molar-refractivity contribution in [3.05, 3.63) is 59.7 Å². The molecule has 0 fully saturated rings. The van der Waals surface area contributed by atoms with E-state index in [9.17, 15) is 4.79 Å².